The van der Waals surface area contributed by atoms with Gasteiger partial charge in [-0.15, -0.1) is 0 Å². The first-order valence-electron chi connectivity index (χ1n) is 8.48. The Morgan fingerprint density at radius 3 is 1.81 bits per heavy atom. The standard InChI is InChI=1S/C16H28N4O7/c1-7(2)12(16(26)27)20-14(24)9(4)18-15(25)10(5-6-11(21)22)19-13(23)8(3)17/h7-10,12H,5-6,17H2,1-4H3,(H,18,25)(H,19,23)(H,20,24)(H,21,22)(H,26,27). The first-order valence-corrected chi connectivity index (χ1v) is 8.48. The predicted octanol–water partition coefficient (Wildman–Crippen LogP) is -1.59. The third-order valence-corrected chi connectivity index (χ3v) is 3.68. The van der Waals surface area contributed by atoms with Crippen LogP contribution in [0.5, 0.6) is 0 Å². The number of nitrogens with two attached hydrogens (primary N) is 1. The van der Waals surface area contributed by atoms with Crippen molar-refractivity contribution < 1.29 is 34.2 Å². The lowest BCUT2D eigenvalue weighted by Gasteiger charge is -2.23. The number of nitrogens with one attached hydrogen (secondary N) is 3. The molecule has 0 radical (unpaired) electrons. The lowest BCUT2D eigenvalue weighted by molar-refractivity contribution is -0.143. The summed E-state index contributed by atoms with van der Waals surface area (Å²) in [5.74, 6) is -4.88. The molecule has 0 saturated carbocycles. The molecule has 0 aliphatic carbocycles. The maximum absolute atomic E-state index is 12.3. The SMILES string of the molecule is CC(N)C(=O)NC(CCC(=O)O)C(=O)NC(C)C(=O)NC(C(=O)O)C(C)C. The van der Waals surface area contributed by atoms with Gasteiger partial charge in [-0.25, -0.2) is 4.79 Å². The Kier molecular flexibility index (Phi) is 10.0. The van der Waals surface area contributed by atoms with Crippen molar-refractivity contribution in [1.82, 2.24) is 16.0 Å². The third kappa shape index (κ3) is 8.99. The van der Waals surface area contributed by atoms with Crippen LogP contribution in [0.1, 0.15) is 40.5 Å². The van der Waals surface area contributed by atoms with E-state index in [0.717, 1.165) is 0 Å². The summed E-state index contributed by atoms with van der Waals surface area (Å²) in [6.45, 7) is 5.98. The molecule has 0 aliphatic heterocycles. The van der Waals surface area contributed by atoms with Gasteiger partial charge in [0.2, 0.25) is 17.7 Å². The fourth-order valence-corrected chi connectivity index (χ4v) is 2.01. The Morgan fingerprint density at radius 1 is 0.852 bits per heavy atom. The summed E-state index contributed by atoms with van der Waals surface area (Å²) < 4.78 is 0. The number of carbonyl (C=O) groups is 5. The number of aliphatic carboxylic acids is 2. The summed E-state index contributed by atoms with van der Waals surface area (Å²) in [7, 11) is 0. The first-order chi connectivity index (χ1) is 12.4. The van der Waals surface area contributed by atoms with E-state index in [0.29, 0.717) is 0 Å². The second-order valence-electron chi connectivity index (χ2n) is 6.58. The molecular formula is C16H28N4O7. The van der Waals surface area contributed by atoms with E-state index in [-0.39, 0.29) is 18.8 Å². The second-order valence-corrected chi connectivity index (χ2v) is 6.58. The lowest BCUT2D eigenvalue weighted by Crippen LogP contribution is -2.56. The van der Waals surface area contributed by atoms with Gasteiger partial charge in [0.1, 0.15) is 18.1 Å². The van der Waals surface area contributed by atoms with Crippen LogP contribution in [0.15, 0.2) is 0 Å². The third-order valence-electron chi connectivity index (χ3n) is 3.68. The van der Waals surface area contributed by atoms with Crippen LogP contribution in [0.2, 0.25) is 0 Å². The topological polar surface area (TPSA) is 188 Å². The molecule has 154 valence electrons. The van der Waals surface area contributed by atoms with Gasteiger partial charge in [-0.1, -0.05) is 13.8 Å². The summed E-state index contributed by atoms with van der Waals surface area (Å²) >= 11 is 0. The highest BCUT2D eigenvalue weighted by molar-refractivity contribution is 5.94. The molecule has 0 rings (SSSR count). The van der Waals surface area contributed by atoms with Crippen LogP contribution < -0.4 is 21.7 Å². The Labute approximate surface area is 157 Å². The predicted molar refractivity (Wildman–Crippen MR) is 94.5 cm³/mol. The summed E-state index contributed by atoms with van der Waals surface area (Å²) in [6, 6.07) is -4.33. The molecule has 27 heavy (non-hydrogen) atoms. The minimum Gasteiger partial charge on any atom is -0.481 e. The van der Waals surface area contributed by atoms with E-state index >= 15 is 0 Å². The van der Waals surface area contributed by atoms with Gasteiger partial charge in [0.05, 0.1) is 6.04 Å². The summed E-state index contributed by atoms with van der Waals surface area (Å²) in [6.07, 6.45) is -0.579. The Balaban J connectivity index is 5.00. The number of carbonyl (C=O) groups excluding carboxylic acids is 3. The number of rotatable bonds is 11. The van der Waals surface area contributed by atoms with Gasteiger partial charge in [0.15, 0.2) is 0 Å². The molecule has 7 N–H and O–H groups in total. The van der Waals surface area contributed by atoms with E-state index in [1.807, 2.05) is 0 Å². The van der Waals surface area contributed by atoms with Crippen LogP contribution in [0.25, 0.3) is 0 Å². The molecule has 0 aromatic rings. The average Bonchev–Trinajstić information content (AvgIpc) is 2.54. The zero-order chi connectivity index (χ0) is 21.3. The first kappa shape index (κ1) is 24.3. The van der Waals surface area contributed by atoms with Crippen molar-refractivity contribution in [3.8, 4) is 0 Å². The molecule has 0 saturated heterocycles. The molecule has 3 amide bonds. The molecule has 0 heterocycles. The molecular weight excluding hydrogens is 360 g/mol. The Bertz CT molecular complexity index is 577. The van der Waals surface area contributed by atoms with Crippen LogP contribution in [-0.2, 0) is 24.0 Å². The zero-order valence-corrected chi connectivity index (χ0v) is 15.8. The largest absolute Gasteiger partial charge is 0.481 e. The van der Waals surface area contributed by atoms with E-state index in [1.54, 1.807) is 13.8 Å². The number of hydrogen-bond acceptors (Lipinski definition) is 6. The average molecular weight is 388 g/mol. The normalized spacial score (nSPS) is 15.2. The number of carboxylic acids is 2. The maximum Gasteiger partial charge on any atom is 0.326 e. The number of hydrogen-bond donors (Lipinski definition) is 6. The molecule has 0 bridgehead atoms. The number of carboxylic acid groups (broad SMARTS) is 2. The Hall–Kier alpha value is -2.69. The molecule has 0 aliphatic rings. The maximum atomic E-state index is 12.3. The number of amides is 3. The van der Waals surface area contributed by atoms with E-state index in [2.05, 4.69) is 16.0 Å². The molecule has 11 nitrogen and oxygen atoms in total. The van der Waals surface area contributed by atoms with Crippen molar-refractivity contribution in [3.05, 3.63) is 0 Å². The van der Waals surface area contributed by atoms with Crippen LogP contribution in [0, 0.1) is 5.92 Å². The molecule has 0 spiro atoms. The highest BCUT2D eigenvalue weighted by atomic mass is 16.4. The van der Waals surface area contributed by atoms with Crippen molar-refractivity contribution >= 4 is 29.7 Å². The van der Waals surface area contributed by atoms with E-state index < -0.39 is 53.8 Å². The van der Waals surface area contributed by atoms with Crippen molar-refractivity contribution in [1.29, 1.82) is 0 Å². The second kappa shape index (κ2) is 11.1. The smallest absolute Gasteiger partial charge is 0.326 e. The summed E-state index contributed by atoms with van der Waals surface area (Å²) in [4.78, 5) is 58.0. The van der Waals surface area contributed by atoms with Crippen LogP contribution in [-0.4, -0.2) is 64.0 Å². The van der Waals surface area contributed by atoms with Gasteiger partial charge in [0.25, 0.3) is 0 Å². The van der Waals surface area contributed by atoms with E-state index in [9.17, 15) is 24.0 Å². The molecule has 0 aromatic heterocycles. The van der Waals surface area contributed by atoms with Gasteiger partial charge >= 0.3 is 11.9 Å². The van der Waals surface area contributed by atoms with Gasteiger partial charge in [-0.3, -0.25) is 19.2 Å². The summed E-state index contributed by atoms with van der Waals surface area (Å²) in [5, 5.41) is 24.9. The van der Waals surface area contributed by atoms with Gasteiger partial charge in [0, 0.05) is 6.42 Å². The molecule has 4 atom stereocenters. The Morgan fingerprint density at radius 2 is 1.41 bits per heavy atom. The van der Waals surface area contributed by atoms with E-state index in [1.165, 1.54) is 13.8 Å². The molecule has 0 fully saturated rings. The summed E-state index contributed by atoms with van der Waals surface area (Å²) in [5.41, 5.74) is 5.42. The molecule has 11 heteroatoms. The quantitative estimate of drug-likeness (QED) is 0.244. The minimum atomic E-state index is -1.21. The van der Waals surface area contributed by atoms with Crippen LogP contribution in [0.3, 0.4) is 0 Å². The monoisotopic (exact) mass is 388 g/mol. The molecule has 0 aromatic carbocycles. The van der Waals surface area contributed by atoms with Gasteiger partial charge < -0.3 is 31.9 Å². The van der Waals surface area contributed by atoms with E-state index in [4.69, 9.17) is 15.9 Å². The van der Waals surface area contributed by atoms with Crippen molar-refractivity contribution in [2.24, 2.45) is 11.7 Å². The van der Waals surface area contributed by atoms with Crippen LogP contribution in [0.4, 0.5) is 0 Å². The highest BCUT2D eigenvalue weighted by Gasteiger charge is 2.29. The van der Waals surface area contributed by atoms with Crippen molar-refractivity contribution in [2.45, 2.75) is 64.7 Å². The van der Waals surface area contributed by atoms with Crippen LogP contribution >= 0.6 is 0 Å². The minimum absolute atomic E-state index is 0.197. The fourth-order valence-electron chi connectivity index (χ4n) is 2.01. The van der Waals surface area contributed by atoms with Crippen molar-refractivity contribution in [2.75, 3.05) is 0 Å². The van der Waals surface area contributed by atoms with Gasteiger partial charge in [-0.05, 0) is 26.2 Å². The van der Waals surface area contributed by atoms with Crippen molar-refractivity contribution in [3.63, 3.8) is 0 Å². The zero-order valence-electron chi connectivity index (χ0n) is 15.8. The van der Waals surface area contributed by atoms with Gasteiger partial charge in [-0.2, -0.15) is 0 Å². The lowest BCUT2D eigenvalue weighted by atomic mass is 10.0. The fraction of sp³-hybridized carbons (Fsp3) is 0.688. The molecule has 4 unspecified atom stereocenters. The highest BCUT2D eigenvalue weighted by Crippen LogP contribution is 2.03.